The highest BCUT2D eigenvalue weighted by molar-refractivity contribution is 7.89. The predicted molar refractivity (Wildman–Crippen MR) is 112 cm³/mol. The molecule has 29 heavy (non-hydrogen) atoms. The maximum Gasteiger partial charge on any atom is 0.309 e. The van der Waals surface area contributed by atoms with Gasteiger partial charge in [0, 0.05) is 31.7 Å². The van der Waals surface area contributed by atoms with Crippen LogP contribution in [0.1, 0.15) is 25.0 Å². The normalized spacial score (nSPS) is 21.1. The predicted octanol–water partition coefficient (Wildman–Crippen LogP) is 2.69. The number of benzene rings is 2. The molecule has 0 saturated carbocycles. The van der Waals surface area contributed by atoms with Crippen LogP contribution in [-0.4, -0.2) is 55.9 Å². The molecule has 1 fully saturated rings. The summed E-state index contributed by atoms with van der Waals surface area (Å²) < 4.78 is 32.5. The number of hydrogen-bond donors (Lipinski definition) is 0. The zero-order chi connectivity index (χ0) is 21.0. The van der Waals surface area contributed by atoms with Crippen LogP contribution in [0.2, 0.25) is 0 Å². The summed E-state index contributed by atoms with van der Waals surface area (Å²) in [5, 5.41) is 0. The lowest BCUT2D eigenvalue weighted by Crippen LogP contribution is -2.57. The molecule has 0 amide bonds. The number of rotatable bonds is 6. The van der Waals surface area contributed by atoms with Crippen LogP contribution in [0.5, 0.6) is 0 Å². The van der Waals surface area contributed by atoms with E-state index in [2.05, 4.69) is 35.6 Å². The van der Waals surface area contributed by atoms with Gasteiger partial charge in [-0.1, -0.05) is 42.5 Å². The molecule has 0 unspecified atom stereocenters. The Morgan fingerprint density at radius 3 is 2.10 bits per heavy atom. The summed E-state index contributed by atoms with van der Waals surface area (Å²) in [6.45, 7) is 5.84. The van der Waals surface area contributed by atoms with E-state index >= 15 is 0 Å². The van der Waals surface area contributed by atoms with E-state index in [9.17, 15) is 13.2 Å². The van der Waals surface area contributed by atoms with Gasteiger partial charge in [-0.05, 0) is 37.1 Å². The molecule has 0 bridgehead atoms. The fraction of sp³-hybridized carbons (Fsp3) is 0.409. The Balaban J connectivity index is 1.71. The second kappa shape index (κ2) is 9.07. The highest BCUT2D eigenvalue weighted by atomic mass is 32.2. The Labute approximate surface area is 173 Å². The second-order valence-electron chi connectivity index (χ2n) is 7.57. The average molecular weight is 417 g/mol. The first-order valence-corrected chi connectivity index (χ1v) is 11.2. The van der Waals surface area contributed by atoms with Crippen molar-refractivity contribution in [3.63, 3.8) is 0 Å². The quantitative estimate of drug-likeness (QED) is 0.678. The monoisotopic (exact) mass is 416 g/mol. The van der Waals surface area contributed by atoms with Crippen molar-refractivity contribution in [2.24, 2.45) is 0 Å². The Hall–Kier alpha value is -2.22. The number of methoxy groups -OCH3 is 1. The van der Waals surface area contributed by atoms with E-state index in [-0.39, 0.29) is 29.4 Å². The number of nitrogens with zero attached hydrogens (tertiary/aromatic N) is 2. The zero-order valence-electron chi connectivity index (χ0n) is 17.1. The maximum atomic E-state index is 13.1. The topological polar surface area (TPSA) is 66.9 Å². The molecule has 0 aromatic heterocycles. The molecule has 156 valence electrons. The van der Waals surface area contributed by atoms with Crippen molar-refractivity contribution in [2.75, 3.05) is 20.2 Å². The van der Waals surface area contributed by atoms with Gasteiger partial charge in [-0.2, -0.15) is 4.31 Å². The van der Waals surface area contributed by atoms with Crippen molar-refractivity contribution in [2.45, 2.75) is 43.8 Å². The van der Waals surface area contributed by atoms with Crippen molar-refractivity contribution in [1.82, 2.24) is 9.21 Å². The molecule has 0 radical (unpaired) electrons. The summed E-state index contributed by atoms with van der Waals surface area (Å²) in [4.78, 5) is 14.0. The Morgan fingerprint density at radius 1 is 0.966 bits per heavy atom. The van der Waals surface area contributed by atoms with E-state index in [4.69, 9.17) is 0 Å². The third-order valence-electron chi connectivity index (χ3n) is 5.41. The molecule has 0 aliphatic carbocycles. The lowest BCUT2D eigenvalue weighted by molar-refractivity contribution is -0.139. The Bertz CT molecular complexity index is 917. The zero-order valence-corrected chi connectivity index (χ0v) is 17.9. The average Bonchev–Trinajstić information content (AvgIpc) is 2.71. The molecule has 3 rings (SSSR count). The molecule has 6 nitrogen and oxygen atoms in total. The fourth-order valence-corrected chi connectivity index (χ4v) is 5.38. The smallest absolute Gasteiger partial charge is 0.309 e. The minimum Gasteiger partial charge on any atom is -0.469 e. The van der Waals surface area contributed by atoms with E-state index in [1.165, 1.54) is 12.7 Å². The van der Waals surface area contributed by atoms with Gasteiger partial charge in [-0.3, -0.25) is 9.69 Å². The number of carbonyl (C=O) groups excluding carboxylic acids is 1. The minimum atomic E-state index is -3.58. The van der Waals surface area contributed by atoms with Crippen LogP contribution in [0.4, 0.5) is 0 Å². The van der Waals surface area contributed by atoms with Gasteiger partial charge in [0.2, 0.25) is 10.0 Å². The summed E-state index contributed by atoms with van der Waals surface area (Å²) >= 11 is 0. The molecule has 7 heteroatoms. The van der Waals surface area contributed by atoms with Crippen LogP contribution >= 0.6 is 0 Å². The van der Waals surface area contributed by atoms with Crippen LogP contribution in [0, 0.1) is 0 Å². The number of hydrogen-bond acceptors (Lipinski definition) is 5. The Kier molecular flexibility index (Phi) is 6.72. The molecular weight excluding hydrogens is 388 g/mol. The molecular formula is C22H28N2O4S. The van der Waals surface area contributed by atoms with E-state index in [0.29, 0.717) is 13.1 Å². The number of carbonyl (C=O) groups is 1. The highest BCUT2D eigenvalue weighted by Gasteiger charge is 2.36. The largest absolute Gasteiger partial charge is 0.469 e. The van der Waals surface area contributed by atoms with Gasteiger partial charge in [-0.15, -0.1) is 0 Å². The van der Waals surface area contributed by atoms with Gasteiger partial charge in [0.15, 0.2) is 0 Å². The summed E-state index contributed by atoms with van der Waals surface area (Å²) in [5.74, 6) is -0.349. The molecule has 2 aromatic carbocycles. The number of sulfonamides is 1. The lowest BCUT2D eigenvalue weighted by Gasteiger charge is -2.43. The third-order valence-corrected chi connectivity index (χ3v) is 7.26. The Morgan fingerprint density at radius 2 is 1.55 bits per heavy atom. The highest BCUT2D eigenvalue weighted by Crippen LogP contribution is 2.25. The molecule has 1 saturated heterocycles. The van der Waals surface area contributed by atoms with Gasteiger partial charge >= 0.3 is 5.97 Å². The van der Waals surface area contributed by atoms with Gasteiger partial charge < -0.3 is 4.74 Å². The molecule has 0 N–H and O–H groups in total. The minimum absolute atomic E-state index is 0.104. The summed E-state index contributed by atoms with van der Waals surface area (Å²) in [5.41, 5.74) is 1.95. The lowest BCUT2D eigenvalue weighted by atomic mass is 10.1. The molecule has 1 heterocycles. The second-order valence-corrected chi connectivity index (χ2v) is 9.51. The van der Waals surface area contributed by atoms with Gasteiger partial charge in [0.25, 0.3) is 0 Å². The van der Waals surface area contributed by atoms with Crippen molar-refractivity contribution < 1.29 is 17.9 Å². The number of ether oxygens (including phenoxy) is 1. The first-order valence-electron chi connectivity index (χ1n) is 9.77. The summed E-state index contributed by atoms with van der Waals surface area (Å²) in [6.07, 6.45) is 0.128. The SMILES string of the molecule is COC(=O)Cc1ccc(S(=O)(=O)N2C[C@@H](C)N(Cc3ccccc3)[C@@H](C)C2)cc1. The number of esters is 1. The molecule has 2 aromatic rings. The molecule has 0 spiro atoms. The van der Waals surface area contributed by atoms with E-state index in [0.717, 1.165) is 12.1 Å². The van der Waals surface area contributed by atoms with E-state index in [1.54, 1.807) is 28.6 Å². The first-order chi connectivity index (χ1) is 13.8. The summed E-state index contributed by atoms with van der Waals surface area (Å²) in [6, 6.07) is 16.9. The standard InChI is InChI=1S/C22H28N2O4S/c1-17-14-23(15-18(2)24(17)16-20-7-5-4-6-8-20)29(26,27)21-11-9-19(10-12-21)13-22(25)28-3/h4-12,17-18H,13-16H2,1-3H3/t17-,18+. The third kappa shape index (κ3) is 5.04. The van der Waals surface area contributed by atoms with Crippen molar-refractivity contribution in [3.8, 4) is 0 Å². The molecule has 1 aliphatic heterocycles. The van der Waals surface area contributed by atoms with Gasteiger partial charge in [0.1, 0.15) is 0 Å². The number of piperazine rings is 1. The van der Waals surface area contributed by atoms with Crippen LogP contribution in [-0.2, 0) is 32.5 Å². The molecule has 2 atom stereocenters. The van der Waals surface area contributed by atoms with Gasteiger partial charge in [0.05, 0.1) is 18.4 Å². The van der Waals surface area contributed by atoms with Crippen LogP contribution in [0.3, 0.4) is 0 Å². The van der Waals surface area contributed by atoms with Crippen LogP contribution in [0.25, 0.3) is 0 Å². The van der Waals surface area contributed by atoms with E-state index < -0.39 is 10.0 Å². The van der Waals surface area contributed by atoms with Crippen molar-refractivity contribution >= 4 is 16.0 Å². The summed E-state index contributed by atoms with van der Waals surface area (Å²) in [7, 11) is -2.25. The molecule has 1 aliphatic rings. The van der Waals surface area contributed by atoms with Crippen LogP contribution < -0.4 is 0 Å². The first kappa shape index (κ1) is 21.5. The van der Waals surface area contributed by atoms with E-state index in [1.807, 2.05) is 18.2 Å². The van der Waals surface area contributed by atoms with Crippen molar-refractivity contribution in [1.29, 1.82) is 0 Å². The maximum absolute atomic E-state index is 13.1. The van der Waals surface area contributed by atoms with Gasteiger partial charge in [-0.25, -0.2) is 8.42 Å². The fourth-order valence-electron chi connectivity index (χ4n) is 3.78. The van der Waals surface area contributed by atoms with Crippen molar-refractivity contribution in [3.05, 3.63) is 65.7 Å². The van der Waals surface area contributed by atoms with Crippen LogP contribution in [0.15, 0.2) is 59.5 Å².